The van der Waals surface area contributed by atoms with Gasteiger partial charge in [0.2, 0.25) is 0 Å². The lowest BCUT2D eigenvalue weighted by Gasteiger charge is -2.29. The van der Waals surface area contributed by atoms with Crippen molar-refractivity contribution in [3.8, 4) is 0 Å². The predicted molar refractivity (Wildman–Crippen MR) is 282 cm³/mol. The second kappa shape index (κ2) is 49.6. The average Bonchev–Trinajstić information content (AvgIpc) is 3.29. The summed E-state index contributed by atoms with van der Waals surface area (Å²) in [6.45, 7) is 6.96. The summed E-state index contributed by atoms with van der Waals surface area (Å²) in [5.41, 5.74) is 0.322. The lowest BCUT2D eigenvalue weighted by molar-refractivity contribution is -0.768. The van der Waals surface area contributed by atoms with E-state index in [0.717, 1.165) is 0 Å². The van der Waals surface area contributed by atoms with Crippen molar-refractivity contribution in [2.75, 3.05) is 0 Å². The van der Waals surface area contributed by atoms with Gasteiger partial charge in [-0.3, -0.25) is 0 Å². The van der Waals surface area contributed by atoms with Crippen LogP contribution < -0.4 is 4.57 Å². The van der Waals surface area contributed by atoms with Gasteiger partial charge in [0.05, 0.1) is 0 Å². The van der Waals surface area contributed by atoms with E-state index in [9.17, 15) is 0 Å². The van der Waals surface area contributed by atoms with Gasteiger partial charge in [-0.15, -0.1) is 0 Å². The summed E-state index contributed by atoms with van der Waals surface area (Å²) in [6, 6.07) is 6.86. The molecule has 0 unspecified atom stereocenters. The molecular weight excluding hydrogens is 747 g/mol. The van der Waals surface area contributed by atoms with Crippen molar-refractivity contribution in [1.82, 2.24) is 0 Å². The monoisotopic (exact) mass is 865 g/mol. The first kappa shape index (κ1) is 59.2. The molecule has 0 aliphatic carbocycles. The molecule has 0 spiro atoms. The van der Waals surface area contributed by atoms with Crippen LogP contribution in [0.4, 0.5) is 0 Å². The van der Waals surface area contributed by atoms with Gasteiger partial charge in [-0.2, -0.15) is 4.57 Å². The van der Waals surface area contributed by atoms with Crippen LogP contribution in [0.15, 0.2) is 30.6 Å². The Hall–Kier alpha value is -0.850. The molecule has 1 heteroatoms. The standard InChI is InChI=1S/C61H118N/c1-4-7-10-13-16-19-22-25-28-30-33-36-39-42-45-48-52-57-61(62-59-54-50-55-60-62,56-51-47-44-41-38-35-32-27-24-21-18-15-12-9-6-3)58-53-49-46-43-40-37-34-31-29-26-23-20-17-14-11-8-5-2/h50,54-55,59-60H,4-49,51-53,56-58H2,1-3H3/q+1. The zero-order valence-electron chi connectivity index (χ0n) is 43.6. The molecule has 0 saturated carbocycles. The van der Waals surface area contributed by atoms with Crippen LogP contribution in [0.5, 0.6) is 0 Å². The molecule has 0 aliphatic heterocycles. The van der Waals surface area contributed by atoms with Gasteiger partial charge in [0.25, 0.3) is 0 Å². The molecule has 1 aromatic heterocycles. The number of nitrogens with zero attached hydrogens (tertiary/aromatic N) is 1. The number of rotatable bonds is 53. The highest BCUT2D eigenvalue weighted by Gasteiger charge is 2.37. The van der Waals surface area contributed by atoms with Gasteiger partial charge in [-0.25, -0.2) is 0 Å². The summed E-state index contributed by atoms with van der Waals surface area (Å²) in [4.78, 5) is 0. The molecule has 62 heavy (non-hydrogen) atoms. The normalized spacial score (nSPS) is 11.9. The van der Waals surface area contributed by atoms with E-state index in [4.69, 9.17) is 0 Å². The van der Waals surface area contributed by atoms with Crippen LogP contribution in [-0.4, -0.2) is 0 Å². The lowest BCUT2D eigenvalue weighted by Crippen LogP contribution is -2.55. The fraction of sp³-hybridized carbons (Fsp3) is 0.918. The molecule has 0 aromatic carbocycles. The zero-order chi connectivity index (χ0) is 44.4. The molecule has 0 radical (unpaired) electrons. The Labute approximate surface area is 393 Å². The van der Waals surface area contributed by atoms with Gasteiger partial charge in [0.15, 0.2) is 17.9 Å². The van der Waals surface area contributed by atoms with Crippen LogP contribution >= 0.6 is 0 Å². The zero-order valence-corrected chi connectivity index (χ0v) is 43.6. The summed E-state index contributed by atoms with van der Waals surface area (Å²) >= 11 is 0. The van der Waals surface area contributed by atoms with Gasteiger partial charge in [-0.1, -0.05) is 322 Å². The molecule has 0 atom stereocenters. The van der Waals surface area contributed by atoms with Crippen molar-refractivity contribution in [3.05, 3.63) is 30.6 Å². The van der Waals surface area contributed by atoms with Crippen LogP contribution in [0.25, 0.3) is 0 Å². The van der Waals surface area contributed by atoms with E-state index in [1.54, 1.807) is 0 Å². The minimum Gasteiger partial charge on any atom is -0.200 e. The van der Waals surface area contributed by atoms with E-state index in [1.165, 1.54) is 334 Å². The highest BCUT2D eigenvalue weighted by Crippen LogP contribution is 2.32. The Kier molecular flexibility index (Phi) is 47.3. The second-order valence-electron chi connectivity index (χ2n) is 21.0. The van der Waals surface area contributed by atoms with Gasteiger partial charge in [-0.05, 0) is 19.3 Å². The minimum atomic E-state index is 0.322. The third kappa shape index (κ3) is 39.5. The molecule has 1 nitrogen and oxygen atoms in total. The molecule has 0 aliphatic rings. The number of hydrogen-bond donors (Lipinski definition) is 0. The fourth-order valence-electron chi connectivity index (χ4n) is 10.7. The number of unbranched alkanes of at least 4 members (excludes halogenated alkanes) is 46. The summed E-state index contributed by atoms with van der Waals surface area (Å²) in [5.74, 6) is 0. The lowest BCUT2D eigenvalue weighted by atomic mass is 9.81. The number of hydrogen-bond acceptors (Lipinski definition) is 0. The maximum Gasteiger partial charge on any atom is 0.169 e. The Bertz CT molecular complexity index is 900. The van der Waals surface area contributed by atoms with E-state index in [1.807, 2.05) is 0 Å². The molecule has 0 saturated heterocycles. The summed E-state index contributed by atoms with van der Waals surface area (Å²) in [5, 5.41) is 0. The van der Waals surface area contributed by atoms with Gasteiger partial charge >= 0.3 is 0 Å². The SMILES string of the molecule is CCCCCCCCCCCCCCCCCCCC(CCCCCCCCCCCCCCCCC)(CCCCCCCCCCCCCCCCCCC)[n+]1ccccc1. The number of pyridine rings is 1. The Morgan fingerprint density at radius 2 is 0.371 bits per heavy atom. The molecule has 366 valence electrons. The minimum absolute atomic E-state index is 0.322. The average molecular weight is 866 g/mol. The van der Waals surface area contributed by atoms with Crippen LogP contribution in [0.2, 0.25) is 0 Å². The van der Waals surface area contributed by atoms with Crippen molar-refractivity contribution in [1.29, 1.82) is 0 Å². The van der Waals surface area contributed by atoms with Crippen molar-refractivity contribution in [3.63, 3.8) is 0 Å². The van der Waals surface area contributed by atoms with Crippen molar-refractivity contribution < 1.29 is 4.57 Å². The van der Waals surface area contributed by atoms with Crippen LogP contribution in [0.3, 0.4) is 0 Å². The van der Waals surface area contributed by atoms with Crippen LogP contribution in [0.1, 0.15) is 355 Å². The second-order valence-corrected chi connectivity index (χ2v) is 21.0. The third-order valence-electron chi connectivity index (χ3n) is 15.0. The summed E-state index contributed by atoms with van der Waals surface area (Å²) in [7, 11) is 0. The highest BCUT2D eigenvalue weighted by molar-refractivity contribution is 4.86. The fourth-order valence-corrected chi connectivity index (χ4v) is 10.7. The first-order valence-electron chi connectivity index (χ1n) is 29.8. The molecule has 0 fully saturated rings. The van der Waals surface area contributed by atoms with Crippen LogP contribution in [0, 0.1) is 0 Å². The van der Waals surface area contributed by atoms with E-state index in [-0.39, 0.29) is 0 Å². The number of aromatic nitrogens is 1. The molecule has 0 bridgehead atoms. The summed E-state index contributed by atoms with van der Waals surface area (Å²) in [6.07, 6.45) is 80.4. The van der Waals surface area contributed by atoms with Crippen molar-refractivity contribution >= 4 is 0 Å². The van der Waals surface area contributed by atoms with Gasteiger partial charge < -0.3 is 0 Å². The molecule has 0 amide bonds. The predicted octanol–water partition coefficient (Wildman–Crippen LogP) is 22.0. The maximum atomic E-state index is 2.70. The van der Waals surface area contributed by atoms with Gasteiger partial charge in [0.1, 0.15) is 0 Å². The molecular formula is C61H118N+. The first-order valence-corrected chi connectivity index (χ1v) is 29.8. The quantitative estimate of drug-likeness (QED) is 0.0454. The van der Waals surface area contributed by atoms with Crippen molar-refractivity contribution in [2.24, 2.45) is 0 Å². The maximum absolute atomic E-state index is 2.70. The molecule has 0 N–H and O–H groups in total. The van der Waals surface area contributed by atoms with E-state index >= 15 is 0 Å². The van der Waals surface area contributed by atoms with Gasteiger partial charge in [0, 0.05) is 31.4 Å². The summed E-state index contributed by atoms with van der Waals surface area (Å²) < 4.78 is 2.70. The Balaban J connectivity index is 2.41. The third-order valence-corrected chi connectivity index (χ3v) is 15.0. The molecule has 1 heterocycles. The Morgan fingerprint density at radius 1 is 0.210 bits per heavy atom. The topological polar surface area (TPSA) is 3.88 Å². The van der Waals surface area contributed by atoms with Crippen molar-refractivity contribution in [2.45, 2.75) is 360 Å². The Morgan fingerprint density at radius 3 is 0.548 bits per heavy atom. The first-order chi connectivity index (χ1) is 30.8. The van der Waals surface area contributed by atoms with E-state index in [2.05, 4.69) is 55.9 Å². The van der Waals surface area contributed by atoms with E-state index < -0.39 is 0 Å². The highest BCUT2D eigenvalue weighted by atomic mass is 15.0. The molecule has 1 rings (SSSR count). The van der Waals surface area contributed by atoms with E-state index in [0.29, 0.717) is 5.54 Å². The molecule has 1 aromatic rings. The van der Waals surface area contributed by atoms with Crippen LogP contribution in [-0.2, 0) is 5.54 Å². The smallest absolute Gasteiger partial charge is 0.169 e. The largest absolute Gasteiger partial charge is 0.200 e.